The quantitative estimate of drug-likeness (QED) is 0.813. The Balaban J connectivity index is 2.02. The van der Waals surface area contributed by atoms with Gasteiger partial charge >= 0.3 is 5.97 Å². The van der Waals surface area contributed by atoms with Crippen LogP contribution in [0.2, 0.25) is 0 Å². The van der Waals surface area contributed by atoms with Gasteiger partial charge in [0.15, 0.2) is 0 Å². The number of carboxylic acids is 1. The van der Waals surface area contributed by atoms with Crippen LogP contribution >= 0.6 is 0 Å². The molecule has 1 unspecified atom stereocenters. The van der Waals surface area contributed by atoms with Crippen LogP contribution in [0.15, 0.2) is 54.6 Å². The molecule has 0 aliphatic heterocycles. The fourth-order valence-corrected chi connectivity index (χ4v) is 2.68. The number of hydrogen-bond donors (Lipinski definition) is 2. The second-order valence-corrected chi connectivity index (χ2v) is 6.93. The zero-order valence-corrected chi connectivity index (χ0v) is 15.0. The molecule has 0 radical (unpaired) electrons. The highest BCUT2D eigenvalue weighted by molar-refractivity contribution is 5.87. The van der Waals surface area contributed by atoms with E-state index in [0.717, 1.165) is 16.7 Å². The van der Waals surface area contributed by atoms with Gasteiger partial charge < -0.3 is 10.4 Å². The van der Waals surface area contributed by atoms with Crippen molar-refractivity contribution in [1.29, 1.82) is 0 Å². The lowest BCUT2D eigenvalue weighted by Crippen LogP contribution is -2.43. The lowest BCUT2D eigenvalue weighted by molar-refractivity contribution is -0.141. The monoisotopic (exact) mass is 339 g/mol. The third-order valence-corrected chi connectivity index (χ3v) is 4.52. The Morgan fingerprint density at radius 3 is 2.20 bits per heavy atom. The number of nitrogens with one attached hydrogen (secondary N) is 1. The molecule has 2 aromatic rings. The van der Waals surface area contributed by atoms with Gasteiger partial charge in [0.1, 0.15) is 0 Å². The lowest BCUT2D eigenvalue weighted by Gasteiger charge is -2.25. The summed E-state index contributed by atoms with van der Waals surface area (Å²) in [6.07, 6.45) is 0.390. The number of carboxylic acid groups (broad SMARTS) is 1. The van der Waals surface area contributed by atoms with Gasteiger partial charge in [0.25, 0.3) is 0 Å². The topological polar surface area (TPSA) is 66.4 Å². The van der Waals surface area contributed by atoms with E-state index in [4.69, 9.17) is 0 Å². The van der Waals surface area contributed by atoms with E-state index in [1.165, 1.54) is 0 Å². The van der Waals surface area contributed by atoms with Crippen LogP contribution in [0.3, 0.4) is 0 Å². The highest BCUT2D eigenvalue weighted by atomic mass is 16.4. The minimum absolute atomic E-state index is 0.109. The Hall–Kier alpha value is -2.62. The molecule has 0 spiro atoms. The normalized spacial score (nSPS) is 12.4. The summed E-state index contributed by atoms with van der Waals surface area (Å²) < 4.78 is 0. The number of hydrogen-bond acceptors (Lipinski definition) is 2. The lowest BCUT2D eigenvalue weighted by atomic mass is 9.83. The molecular weight excluding hydrogens is 314 g/mol. The number of rotatable bonds is 7. The maximum atomic E-state index is 12.6. The molecule has 0 aliphatic carbocycles. The van der Waals surface area contributed by atoms with Crippen molar-refractivity contribution >= 4 is 11.9 Å². The third kappa shape index (κ3) is 4.92. The van der Waals surface area contributed by atoms with E-state index in [9.17, 15) is 14.7 Å². The fraction of sp³-hybridized carbons (Fsp3) is 0.333. The molecule has 1 atom stereocenters. The Kier molecular flexibility index (Phi) is 5.97. The first kappa shape index (κ1) is 18.7. The zero-order valence-electron chi connectivity index (χ0n) is 15.0. The first-order valence-electron chi connectivity index (χ1n) is 8.43. The Morgan fingerprint density at radius 1 is 1.04 bits per heavy atom. The third-order valence-electron chi connectivity index (χ3n) is 4.52. The molecule has 0 saturated carbocycles. The van der Waals surface area contributed by atoms with Crippen molar-refractivity contribution in [3.05, 3.63) is 71.3 Å². The predicted molar refractivity (Wildman–Crippen MR) is 98.5 cm³/mol. The van der Waals surface area contributed by atoms with Gasteiger partial charge in [0.2, 0.25) is 5.91 Å². The van der Waals surface area contributed by atoms with Crippen molar-refractivity contribution in [2.24, 2.45) is 5.92 Å². The van der Waals surface area contributed by atoms with Gasteiger partial charge in [-0.1, -0.05) is 60.2 Å². The molecule has 2 aromatic carbocycles. The Labute approximate surface area is 148 Å². The van der Waals surface area contributed by atoms with Gasteiger partial charge in [-0.2, -0.15) is 0 Å². The van der Waals surface area contributed by atoms with Crippen molar-refractivity contribution in [3.8, 4) is 0 Å². The molecule has 0 fully saturated rings. The van der Waals surface area contributed by atoms with Gasteiger partial charge in [-0.05, 0) is 38.3 Å². The summed E-state index contributed by atoms with van der Waals surface area (Å²) in [7, 11) is 0. The van der Waals surface area contributed by atoms with Gasteiger partial charge in [0.05, 0.1) is 11.3 Å². The Bertz CT molecular complexity index is 721. The number of aryl methyl sites for hydroxylation is 1. The SMILES string of the molecule is Cc1ccc(C(C)(C)C(=O)NCC(Cc2ccccc2)C(=O)O)cc1. The summed E-state index contributed by atoms with van der Waals surface area (Å²) in [5.74, 6) is -1.73. The smallest absolute Gasteiger partial charge is 0.308 e. The number of aliphatic carboxylic acids is 1. The molecule has 0 bridgehead atoms. The minimum Gasteiger partial charge on any atom is -0.481 e. The summed E-state index contributed by atoms with van der Waals surface area (Å²) >= 11 is 0. The van der Waals surface area contributed by atoms with Crippen LogP contribution in [0, 0.1) is 12.8 Å². The first-order valence-corrected chi connectivity index (χ1v) is 8.43. The molecule has 0 aromatic heterocycles. The molecule has 0 heterocycles. The molecule has 132 valence electrons. The molecular formula is C21H25NO3. The van der Waals surface area contributed by atoms with Crippen molar-refractivity contribution in [2.75, 3.05) is 6.54 Å². The number of amides is 1. The van der Waals surface area contributed by atoms with E-state index in [1.807, 2.05) is 75.4 Å². The first-order chi connectivity index (χ1) is 11.8. The van der Waals surface area contributed by atoms with Crippen LogP contribution in [-0.2, 0) is 21.4 Å². The second-order valence-electron chi connectivity index (χ2n) is 6.93. The van der Waals surface area contributed by atoms with E-state index in [0.29, 0.717) is 6.42 Å². The van der Waals surface area contributed by atoms with Crippen LogP contribution in [0.1, 0.15) is 30.5 Å². The predicted octanol–water partition coefficient (Wildman–Crippen LogP) is 3.33. The standard InChI is InChI=1S/C21H25NO3/c1-15-9-11-18(12-10-15)21(2,3)20(25)22-14-17(19(23)24)13-16-7-5-4-6-8-16/h4-12,17H,13-14H2,1-3H3,(H,22,25)(H,23,24). The van der Waals surface area contributed by atoms with Gasteiger partial charge in [-0.25, -0.2) is 0 Å². The molecule has 4 nitrogen and oxygen atoms in total. The van der Waals surface area contributed by atoms with E-state index in [2.05, 4.69) is 5.32 Å². The van der Waals surface area contributed by atoms with Gasteiger partial charge in [-0.15, -0.1) is 0 Å². The highest BCUT2D eigenvalue weighted by Crippen LogP contribution is 2.24. The molecule has 2 N–H and O–H groups in total. The summed E-state index contributed by atoms with van der Waals surface area (Å²) in [6.45, 7) is 5.80. The molecule has 0 aliphatic rings. The molecule has 0 saturated heterocycles. The van der Waals surface area contributed by atoms with E-state index in [-0.39, 0.29) is 12.5 Å². The van der Waals surface area contributed by atoms with Crippen molar-refractivity contribution in [3.63, 3.8) is 0 Å². The van der Waals surface area contributed by atoms with Crippen molar-refractivity contribution in [2.45, 2.75) is 32.6 Å². The van der Waals surface area contributed by atoms with Crippen LogP contribution in [0.25, 0.3) is 0 Å². The largest absolute Gasteiger partial charge is 0.481 e. The summed E-state index contributed by atoms with van der Waals surface area (Å²) in [5.41, 5.74) is 2.27. The van der Waals surface area contributed by atoms with Crippen LogP contribution in [0.4, 0.5) is 0 Å². The molecule has 2 rings (SSSR count). The number of carbonyl (C=O) groups is 2. The van der Waals surface area contributed by atoms with E-state index >= 15 is 0 Å². The second kappa shape index (κ2) is 7.97. The van der Waals surface area contributed by atoms with E-state index < -0.39 is 17.3 Å². The highest BCUT2D eigenvalue weighted by Gasteiger charge is 2.30. The van der Waals surface area contributed by atoms with Crippen molar-refractivity contribution in [1.82, 2.24) is 5.32 Å². The summed E-state index contributed by atoms with van der Waals surface area (Å²) in [5, 5.41) is 12.3. The van der Waals surface area contributed by atoms with Crippen LogP contribution < -0.4 is 5.32 Å². The Morgan fingerprint density at radius 2 is 1.64 bits per heavy atom. The van der Waals surface area contributed by atoms with Gasteiger partial charge in [0, 0.05) is 6.54 Å². The van der Waals surface area contributed by atoms with Gasteiger partial charge in [-0.3, -0.25) is 9.59 Å². The molecule has 4 heteroatoms. The van der Waals surface area contributed by atoms with Crippen LogP contribution in [0.5, 0.6) is 0 Å². The maximum absolute atomic E-state index is 12.6. The number of carbonyl (C=O) groups excluding carboxylic acids is 1. The molecule has 1 amide bonds. The minimum atomic E-state index is -0.905. The average Bonchev–Trinajstić information content (AvgIpc) is 2.59. The molecule has 25 heavy (non-hydrogen) atoms. The summed E-state index contributed by atoms with van der Waals surface area (Å²) in [4.78, 5) is 24.1. The number of benzene rings is 2. The van der Waals surface area contributed by atoms with Crippen LogP contribution in [-0.4, -0.2) is 23.5 Å². The maximum Gasteiger partial charge on any atom is 0.308 e. The summed E-state index contributed by atoms with van der Waals surface area (Å²) in [6, 6.07) is 17.3. The van der Waals surface area contributed by atoms with E-state index in [1.54, 1.807) is 0 Å². The average molecular weight is 339 g/mol. The fourth-order valence-electron chi connectivity index (χ4n) is 2.68. The van der Waals surface area contributed by atoms with Crippen molar-refractivity contribution < 1.29 is 14.7 Å². The zero-order chi connectivity index (χ0) is 18.4.